The van der Waals surface area contributed by atoms with E-state index in [1.54, 1.807) is 7.11 Å². The molecule has 5 rings (SSSR count). The summed E-state index contributed by atoms with van der Waals surface area (Å²) in [5.74, 6) is 2.56. The summed E-state index contributed by atoms with van der Waals surface area (Å²) in [6.45, 7) is 3.44. The fourth-order valence-electron chi connectivity index (χ4n) is 4.25. The van der Waals surface area contributed by atoms with Crippen LogP contribution in [0.2, 0.25) is 0 Å². The minimum Gasteiger partial charge on any atom is -0.497 e. The first-order valence-corrected chi connectivity index (χ1v) is 10.5. The van der Waals surface area contributed by atoms with Gasteiger partial charge in [0.05, 0.1) is 13.7 Å². The van der Waals surface area contributed by atoms with Gasteiger partial charge in [-0.05, 0) is 44.0 Å². The molecule has 158 valence electrons. The summed E-state index contributed by atoms with van der Waals surface area (Å²) in [4.78, 5) is 2.38. The summed E-state index contributed by atoms with van der Waals surface area (Å²) >= 11 is 0. The maximum Gasteiger partial charge on any atom is 0.253 e. The van der Waals surface area contributed by atoms with Gasteiger partial charge in [-0.2, -0.15) is 0 Å². The summed E-state index contributed by atoms with van der Waals surface area (Å²) in [5, 5.41) is 12.8. The molecule has 1 unspecified atom stereocenters. The Morgan fingerprint density at radius 1 is 1.10 bits per heavy atom. The van der Waals surface area contributed by atoms with Crippen molar-refractivity contribution in [2.45, 2.75) is 32.4 Å². The number of nitrogens with zero attached hydrogens (tertiary/aromatic N) is 4. The van der Waals surface area contributed by atoms with E-state index in [-0.39, 0.29) is 0 Å². The molecule has 0 spiro atoms. The standard InChI is InChI=1S/C24H24N4O3/c1-16-22(23(27-31-16)17-8-4-3-5-9-17)24-26-25-21(30-24)15-28-13-7-12-20(28)18-10-6-11-19(14-18)29-2/h3-6,8-11,14,20H,7,12-13,15H2,1-2H3. The van der Waals surface area contributed by atoms with E-state index in [0.29, 0.717) is 35.8 Å². The average molecular weight is 416 g/mol. The molecule has 1 fully saturated rings. The molecule has 7 heteroatoms. The van der Waals surface area contributed by atoms with Crippen LogP contribution in [0, 0.1) is 6.92 Å². The summed E-state index contributed by atoms with van der Waals surface area (Å²) in [5.41, 5.74) is 3.66. The number of likely N-dealkylation sites (tertiary alicyclic amines) is 1. The highest BCUT2D eigenvalue weighted by molar-refractivity contribution is 5.77. The van der Waals surface area contributed by atoms with Gasteiger partial charge in [0, 0.05) is 11.6 Å². The van der Waals surface area contributed by atoms with Crippen molar-refractivity contribution < 1.29 is 13.7 Å². The van der Waals surface area contributed by atoms with Crippen LogP contribution >= 0.6 is 0 Å². The van der Waals surface area contributed by atoms with Gasteiger partial charge < -0.3 is 13.7 Å². The third-order valence-electron chi connectivity index (χ3n) is 5.77. The van der Waals surface area contributed by atoms with E-state index in [1.807, 2.05) is 49.4 Å². The number of ether oxygens (including phenoxy) is 1. The fourth-order valence-corrected chi connectivity index (χ4v) is 4.25. The van der Waals surface area contributed by atoms with E-state index in [9.17, 15) is 0 Å². The van der Waals surface area contributed by atoms with Crippen LogP contribution in [0.1, 0.15) is 36.1 Å². The number of aryl methyl sites for hydroxylation is 1. The van der Waals surface area contributed by atoms with Crippen molar-refractivity contribution in [3.8, 4) is 28.5 Å². The number of benzene rings is 2. The second-order valence-corrected chi connectivity index (χ2v) is 7.73. The molecule has 0 bridgehead atoms. The Morgan fingerprint density at radius 2 is 1.97 bits per heavy atom. The van der Waals surface area contributed by atoms with Crippen LogP contribution in [0.5, 0.6) is 5.75 Å². The van der Waals surface area contributed by atoms with E-state index in [2.05, 4.69) is 32.4 Å². The molecule has 7 nitrogen and oxygen atoms in total. The van der Waals surface area contributed by atoms with Crippen LogP contribution in [-0.4, -0.2) is 33.9 Å². The zero-order chi connectivity index (χ0) is 21.2. The minimum absolute atomic E-state index is 0.308. The third kappa shape index (κ3) is 3.84. The Kier molecular flexibility index (Phi) is 5.26. The topological polar surface area (TPSA) is 77.4 Å². The van der Waals surface area contributed by atoms with Crippen molar-refractivity contribution in [1.29, 1.82) is 0 Å². The van der Waals surface area contributed by atoms with E-state index in [0.717, 1.165) is 36.3 Å². The number of hydrogen-bond donors (Lipinski definition) is 0. The highest BCUT2D eigenvalue weighted by atomic mass is 16.5. The van der Waals surface area contributed by atoms with Gasteiger partial charge in [0.2, 0.25) is 5.89 Å². The van der Waals surface area contributed by atoms with Crippen LogP contribution in [0.4, 0.5) is 0 Å². The number of methoxy groups -OCH3 is 1. The van der Waals surface area contributed by atoms with Gasteiger partial charge >= 0.3 is 0 Å². The lowest BCUT2D eigenvalue weighted by molar-refractivity contribution is 0.224. The molecule has 2 aromatic carbocycles. The highest BCUT2D eigenvalue weighted by Gasteiger charge is 2.29. The number of rotatable bonds is 6. The first kappa shape index (κ1) is 19.5. The van der Waals surface area contributed by atoms with Crippen molar-refractivity contribution in [3.63, 3.8) is 0 Å². The van der Waals surface area contributed by atoms with E-state index in [1.165, 1.54) is 5.56 Å². The Hall–Kier alpha value is -3.45. The van der Waals surface area contributed by atoms with Crippen LogP contribution in [-0.2, 0) is 6.54 Å². The van der Waals surface area contributed by atoms with Gasteiger partial charge in [-0.3, -0.25) is 4.90 Å². The van der Waals surface area contributed by atoms with Gasteiger partial charge in [0.15, 0.2) is 0 Å². The molecule has 1 aliphatic rings. The van der Waals surface area contributed by atoms with Crippen LogP contribution in [0.15, 0.2) is 63.5 Å². The lowest BCUT2D eigenvalue weighted by atomic mass is 10.0. The molecule has 1 aliphatic heterocycles. The highest BCUT2D eigenvalue weighted by Crippen LogP contribution is 2.36. The second kappa shape index (κ2) is 8.35. The molecule has 0 N–H and O–H groups in total. The molecule has 0 saturated carbocycles. The molecule has 31 heavy (non-hydrogen) atoms. The predicted molar refractivity (Wildman–Crippen MR) is 115 cm³/mol. The molecular weight excluding hydrogens is 392 g/mol. The van der Waals surface area contributed by atoms with Crippen molar-refractivity contribution in [2.75, 3.05) is 13.7 Å². The normalized spacial score (nSPS) is 16.6. The Balaban J connectivity index is 1.39. The lowest BCUT2D eigenvalue weighted by Crippen LogP contribution is -2.23. The monoisotopic (exact) mass is 416 g/mol. The minimum atomic E-state index is 0.308. The van der Waals surface area contributed by atoms with E-state index in [4.69, 9.17) is 13.7 Å². The van der Waals surface area contributed by atoms with Crippen LogP contribution < -0.4 is 4.74 Å². The SMILES string of the molecule is COc1cccc(C2CCCN2Cc2nnc(-c3c(-c4ccccc4)noc3C)o2)c1. The largest absolute Gasteiger partial charge is 0.497 e. The van der Waals surface area contributed by atoms with Gasteiger partial charge in [-0.1, -0.05) is 47.6 Å². The first-order chi connectivity index (χ1) is 15.2. The molecule has 1 saturated heterocycles. The summed E-state index contributed by atoms with van der Waals surface area (Å²) < 4.78 is 16.9. The van der Waals surface area contributed by atoms with Crippen molar-refractivity contribution in [3.05, 3.63) is 71.8 Å². The molecule has 0 radical (unpaired) electrons. The zero-order valence-electron chi connectivity index (χ0n) is 17.6. The summed E-state index contributed by atoms with van der Waals surface area (Å²) in [7, 11) is 1.70. The van der Waals surface area contributed by atoms with Gasteiger partial charge in [-0.15, -0.1) is 10.2 Å². The maximum atomic E-state index is 6.07. The van der Waals surface area contributed by atoms with E-state index < -0.39 is 0 Å². The smallest absolute Gasteiger partial charge is 0.253 e. The van der Waals surface area contributed by atoms with Crippen molar-refractivity contribution in [2.24, 2.45) is 0 Å². The molecule has 0 aliphatic carbocycles. The quantitative estimate of drug-likeness (QED) is 0.435. The van der Waals surface area contributed by atoms with Gasteiger partial charge in [0.1, 0.15) is 22.8 Å². The van der Waals surface area contributed by atoms with Crippen molar-refractivity contribution in [1.82, 2.24) is 20.3 Å². The zero-order valence-corrected chi connectivity index (χ0v) is 17.6. The molecule has 2 aromatic heterocycles. The summed E-state index contributed by atoms with van der Waals surface area (Å²) in [6, 6.07) is 18.4. The Morgan fingerprint density at radius 3 is 2.81 bits per heavy atom. The number of hydrogen-bond acceptors (Lipinski definition) is 7. The van der Waals surface area contributed by atoms with Crippen LogP contribution in [0.25, 0.3) is 22.7 Å². The predicted octanol–water partition coefficient (Wildman–Crippen LogP) is 5.05. The summed E-state index contributed by atoms with van der Waals surface area (Å²) in [6.07, 6.45) is 2.23. The maximum absolute atomic E-state index is 6.07. The molecular formula is C24H24N4O3. The second-order valence-electron chi connectivity index (χ2n) is 7.73. The van der Waals surface area contributed by atoms with Crippen LogP contribution in [0.3, 0.4) is 0 Å². The third-order valence-corrected chi connectivity index (χ3v) is 5.77. The molecule has 1 atom stereocenters. The molecule has 0 amide bonds. The average Bonchev–Trinajstić information content (AvgIpc) is 3.55. The Bertz CT molecular complexity index is 1170. The van der Waals surface area contributed by atoms with Crippen molar-refractivity contribution >= 4 is 0 Å². The van der Waals surface area contributed by atoms with Gasteiger partial charge in [0.25, 0.3) is 5.89 Å². The lowest BCUT2D eigenvalue weighted by Gasteiger charge is -2.23. The van der Waals surface area contributed by atoms with Gasteiger partial charge in [-0.25, -0.2) is 0 Å². The van der Waals surface area contributed by atoms with E-state index >= 15 is 0 Å². The number of aromatic nitrogens is 3. The fraction of sp³-hybridized carbons (Fsp3) is 0.292. The molecule has 4 aromatic rings. The Labute approximate surface area is 180 Å². The molecule has 3 heterocycles. The first-order valence-electron chi connectivity index (χ1n) is 10.5.